The van der Waals surface area contributed by atoms with Gasteiger partial charge in [-0.25, -0.2) is 4.68 Å². The minimum absolute atomic E-state index is 0. The van der Waals surface area contributed by atoms with Crippen molar-refractivity contribution >= 4 is 17.1 Å². The Morgan fingerprint density at radius 1 is 1.03 bits per heavy atom. The molecule has 0 radical (unpaired) electrons. The molecule has 2 N–H and O–H groups in total. The fraction of sp³-hybridized carbons (Fsp3) is 0.280. The number of carbonyl (C=O) groups is 1. The van der Waals surface area contributed by atoms with Crippen molar-refractivity contribution in [3.05, 3.63) is 88.8 Å². The molecule has 3 aromatic rings. The molecule has 9 heteroatoms. The Kier molecular flexibility index (Phi) is 10.3. The summed E-state index contributed by atoms with van der Waals surface area (Å²) in [5.41, 5.74) is 5.67. The van der Waals surface area contributed by atoms with E-state index in [0.29, 0.717) is 11.4 Å². The van der Waals surface area contributed by atoms with Gasteiger partial charge >= 0.3 is 29.6 Å². The van der Waals surface area contributed by atoms with Gasteiger partial charge in [0.05, 0.1) is 12.2 Å². The second-order valence-electron chi connectivity index (χ2n) is 8.04. The van der Waals surface area contributed by atoms with Crippen LogP contribution in [0.5, 0.6) is 0 Å². The van der Waals surface area contributed by atoms with E-state index in [4.69, 9.17) is 0 Å². The van der Waals surface area contributed by atoms with Crippen molar-refractivity contribution in [1.82, 2.24) is 20.2 Å². The monoisotopic (exact) mass is 470 g/mol. The van der Waals surface area contributed by atoms with Crippen LogP contribution in [0.4, 0.5) is 0 Å². The van der Waals surface area contributed by atoms with Crippen LogP contribution in [0, 0.1) is 13.8 Å². The summed E-state index contributed by atoms with van der Waals surface area (Å²) in [4.78, 5) is 10.7. The summed E-state index contributed by atoms with van der Waals surface area (Å²) in [7, 11) is 1.73. The molecule has 172 valence electrons. The number of aliphatic hydroxyl groups is 2. The van der Waals surface area contributed by atoms with Gasteiger partial charge in [0.15, 0.2) is 5.82 Å². The SMILES string of the molecule is Cc1ccc(C(=C(/C=C/[C@@H](O)C[C@@H](O)CC(=O)[O-])c2nnnn2C)c2ccc(C)cc2)cc1.[Na+]. The number of carbonyl (C=O) groups excluding carboxylic acids is 1. The minimum Gasteiger partial charge on any atom is -0.550 e. The smallest absolute Gasteiger partial charge is 0.550 e. The number of aliphatic carboxylic acids is 1. The third-order valence-corrected chi connectivity index (χ3v) is 5.21. The minimum atomic E-state index is -1.37. The molecule has 8 nitrogen and oxygen atoms in total. The molecule has 0 bridgehead atoms. The molecule has 0 aliphatic rings. The average Bonchev–Trinajstić information content (AvgIpc) is 3.18. The molecule has 1 heterocycles. The van der Waals surface area contributed by atoms with Crippen molar-refractivity contribution in [2.75, 3.05) is 0 Å². The van der Waals surface area contributed by atoms with E-state index in [1.807, 2.05) is 62.4 Å². The number of aromatic nitrogens is 4. The van der Waals surface area contributed by atoms with E-state index in [1.54, 1.807) is 17.8 Å². The van der Waals surface area contributed by atoms with E-state index < -0.39 is 24.6 Å². The van der Waals surface area contributed by atoms with Gasteiger partial charge in [0.2, 0.25) is 0 Å². The van der Waals surface area contributed by atoms with Crippen LogP contribution in [0.1, 0.15) is 40.9 Å². The molecule has 0 unspecified atom stereocenters. The van der Waals surface area contributed by atoms with E-state index in [-0.39, 0.29) is 36.0 Å². The van der Waals surface area contributed by atoms with Crippen molar-refractivity contribution in [3.63, 3.8) is 0 Å². The number of aliphatic hydroxyl groups excluding tert-OH is 2. The molecule has 2 aromatic carbocycles. The van der Waals surface area contributed by atoms with E-state index >= 15 is 0 Å². The second kappa shape index (κ2) is 12.7. The summed E-state index contributed by atoms with van der Waals surface area (Å²) >= 11 is 0. The Morgan fingerprint density at radius 2 is 1.56 bits per heavy atom. The summed E-state index contributed by atoms with van der Waals surface area (Å²) in [6.45, 7) is 4.03. The van der Waals surface area contributed by atoms with E-state index in [0.717, 1.165) is 27.8 Å². The summed E-state index contributed by atoms with van der Waals surface area (Å²) in [5.74, 6) is -0.879. The number of carboxylic acid groups (broad SMARTS) is 1. The number of benzene rings is 2. The zero-order valence-corrected chi connectivity index (χ0v) is 21.8. The Bertz CT molecular complexity index is 1110. The van der Waals surface area contributed by atoms with Gasteiger partial charge < -0.3 is 20.1 Å². The summed E-state index contributed by atoms with van der Waals surface area (Å²) in [6, 6.07) is 16.1. The maximum absolute atomic E-state index is 10.7. The number of nitrogens with zero attached hydrogens (tertiary/aromatic N) is 4. The molecule has 0 amide bonds. The van der Waals surface area contributed by atoms with Crippen LogP contribution in [-0.4, -0.2) is 48.6 Å². The summed E-state index contributed by atoms with van der Waals surface area (Å²) < 4.78 is 1.54. The Labute approximate surface area is 220 Å². The molecule has 3 rings (SSSR count). The zero-order valence-electron chi connectivity index (χ0n) is 19.8. The number of tetrazole rings is 1. The fourth-order valence-corrected chi connectivity index (χ4v) is 3.49. The molecule has 0 saturated heterocycles. The standard InChI is InChI=1S/C25H28N4O4.Na/c1-16-4-8-18(9-5-16)24(19-10-6-17(2)7-11-19)22(25-26-27-28-29(25)3)13-12-20(30)14-21(31)15-23(32)33;/h4-13,20-21,30-31H,14-15H2,1-3H3,(H,32,33);/q;+1/p-1/b13-12+;/t20-,21-;/m1./s1. The zero-order chi connectivity index (χ0) is 24.0. The van der Waals surface area contributed by atoms with Gasteiger partial charge in [-0.3, -0.25) is 0 Å². The Hall–Kier alpha value is -2.62. The van der Waals surface area contributed by atoms with Crippen molar-refractivity contribution < 1.29 is 49.7 Å². The normalized spacial score (nSPS) is 12.7. The first-order chi connectivity index (χ1) is 15.7. The van der Waals surface area contributed by atoms with Crippen molar-refractivity contribution in [2.45, 2.75) is 38.9 Å². The molecular weight excluding hydrogens is 443 g/mol. The van der Waals surface area contributed by atoms with Gasteiger partial charge in [0.25, 0.3) is 0 Å². The first-order valence-electron chi connectivity index (χ1n) is 10.6. The van der Waals surface area contributed by atoms with Crippen LogP contribution in [-0.2, 0) is 11.8 Å². The molecule has 1 aromatic heterocycles. The molecule has 0 spiro atoms. The summed E-state index contributed by atoms with van der Waals surface area (Å²) in [5, 5.41) is 42.8. The number of rotatable bonds is 9. The van der Waals surface area contributed by atoms with Crippen LogP contribution in [0.2, 0.25) is 0 Å². The predicted molar refractivity (Wildman–Crippen MR) is 122 cm³/mol. The molecule has 34 heavy (non-hydrogen) atoms. The van der Waals surface area contributed by atoms with Crippen LogP contribution in [0.15, 0.2) is 60.7 Å². The molecule has 2 atom stereocenters. The van der Waals surface area contributed by atoms with Gasteiger partial charge in [-0.15, -0.1) is 5.10 Å². The van der Waals surface area contributed by atoms with E-state index in [2.05, 4.69) is 15.5 Å². The molecule has 0 saturated carbocycles. The maximum atomic E-state index is 10.7. The number of allylic oxidation sites excluding steroid dienone is 2. The van der Waals surface area contributed by atoms with Crippen LogP contribution in [0.25, 0.3) is 11.1 Å². The predicted octanol–water partition coefficient (Wildman–Crippen LogP) is -1.40. The third kappa shape index (κ3) is 7.44. The third-order valence-electron chi connectivity index (χ3n) is 5.21. The van der Waals surface area contributed by atoms with Gasteiger partial charge in [-0.05, 0) is 41.0 Å². The van der Waals surface area contributed by atoms with Crippen LogP contribution < -0.4 is 34.7 Å². The fourth-order valence-electron chi connectivity index (χ4n) is 3.49. The van der Waals surface area contributed by atoms with Gasteiger partial charge in [0.1, 0.15) is 0 Å². The first-order valence-corrected chi connectivity index (χ1v) is 10.6. The topological polar surface area (TPSA) is 124 Å². The molecular formula is C25H27N4NaO4. The first kappa shape index (κ1) is 27.6. The van der Waals surface area contributed by atoms with Gasteiger partial charge in [-0.2, -0.15) is 0 Å². The largest absolute Gasteiger partial charge is 1.00 e. The van der Waals surface area contributed by atoms with Gasteiger partial charge in [-0.1, -0.05) is 71.8 Å². The van der Waals surface area contributed by atoms with Crippen LogP contribution >= 0.6 is 0 Å². The van der Waals surface area contributed by atoms with Crippen molar-refractivity contribution in [2.24, 2.45) is 7.05 Å². The average molecular weight is 471 g/mol. The van der Waals surface area contributed by atoms with Gasteiger partial charge in [0, 0.05) is 31.4 Å². The van der Waals surface area contributed by atoms with E-state index in [9.17, 15) is 20.1 Å². The second-order valence-corrected chi connectivity index (χ2v) is 8.04. The number of carboxylic acids is 1. The maximum Gasteiger partial charge on any atom is 1.00 e. The van der Waals surface area contributed by atoms with Crippen molar-refractivity contribution in [1.29, 1.82) is 0 Å². The summed E-state index contributed by atoms with van der Waals surface area (Å²) in [6.07, 6.45) is 0.236. The van der Waals surface area contributed by atoms with E-state index in [1.165, 1.54) is 6.08 Å². The van der Waals surface area contributed by atoms with Crippen LogP contribution in [0.3, 0.4) is 0 Å². The molecule has 0 fully saturated rings. The quantitative estimate of drug-likeness (QED) is 0.291. The number of aryl methyl sites for hydroxylation is 3. The Morgan fingerprint density at radius 3 is 2.00 bits per heavy atom. The number of hydrogen-bond acceptors (Lipinski definition) is 7. The van der Waals surface area contributed by atoms with Crippen molar-refractivity contribution in [3.8, 4) is 0 Å². The Balaban J connectivity index is 0.00000408. The number of hydrogen-bond donors (Lipinski definition) is 2. The molecule has 0 aliphatic carbocycles. The molecule has 0 aliphatic heterocycles.